The molecule has 0 unspecified atom stereocenters. The highest BCUT2D eigenvalue weighted by atomic mass is 32.2. The Morgan fingerprint density at radius 1 is 1.31 bits per heavy atom. The number of pyridine rings is 1. The standard InChI is InChI=1S/C19H23N5O3S2/c1-2-10-21-19(28)23-22-18(25)15-8-5-12-24(13-15)29(26,27)16-9-3-6-14-7-4-11-20-17(14)16/h2-4,6-7,9,11,15H,1,5,8,10,12-13H2,(H,22,25)(H2,21,23,28)/t15-/m0/s1. The van der Waals surface area contributed by atoms with Crippen molar-refractivity contribution in [3.63, 3.8) is 0 Å². The molecule has 2 aromatic rings. The van der Waals surface area contributed by atoms with E-state index in [1.807, 2.05) is 12.1 Å². The van der Waals surface area contributed by atoms with Gasteiger partial charge in [-0.25, -0.2) is 8.42 Å². The van der Waals surface area contributed by atoms with E-state index in [4.69, 9.17) is 12.2 Å². The fourth-order valence-electron chi connectivity index (χ4n) is 3.23. The molecule has 0 radical (unpaired) electrons. The molecule has 0 saturated carbocycles. The van der Waals surface area contributed by atoms with Gasteiger partial charge >= 0.3 is 0 Å². The highest BCUT2D eigenvalue weighted by Gasteiger charge is 2.34. The fraction of sp³-hybridized carbons (Fsp3) is 0.316. The first kappa shape index (κ1) is 21.2. The van der Waals surface area contributed by atoms with Gasteiger partial charge in [-0.1, -0.05) is 24.3 Å². The minimum absolute atomic E-state index is 0.103. The summed E-state index contributed by atoms with van der Waals surface area (Å²) in [6, 6.07) is 8.67. The van der Waals surface area contributed by atoms with Gasteiger partial charge in [0.1, 0.15) is 4.90 Å². The number of nitrogens with zero attached hydrogens (tertiary/aromatic N) is 2. The molecule has 1 aliphatic rings. The summed E-state index contributed by atoms with van der Waals surface area (Å²) in [6.07, 6.45) is 4.40. The van der Waals surface area contributed by atoms with E-state index >= 15 is 0 Å². The SMILES string of the molecule is C=CCNC(=S)NNC(=O)[C@H]1CCCN(S(=O)(=O)c2cccc3cccnc23)C1. The second-order valence-corrected chi connectivity index (χ2v) is 8.96. The Hall–Kier alpha value is -2.56. The number of carbonyl (C=O) groups is 1. The lowest BCUT2D eigenvalue weighted by atomic mass is 9.99. The van der Waals surface area contributed by atoms with Crippen LogP contribution in [-0.4, -0.2) is 48.4 Å². The quantitative estimate of drug-likeness (QED) is 0.371. The van der Waals surface area contributed by atoms with Crippen LogP contribution in [0.4, 0.5) is 0 Å². The number of hydrogen-bond acceptors (Lipinski definition) is 5. The number of piperidine rings is 1. The van der Waals surface area contributed by atoms with Crippen molar-refractivity contribution in [3.05, 3.63) is 49.2 Å². The normalized spacial score (nSPS) is 17.4. The van der Waals surface area contributed by atoms with Crippen LogP contribution in [0.5, 0.6) is 0 Å². The zero-order valence-electron chi connectivity index (χ0n) is 15.8. The predicted octanol–water partition coefficient (Wildman–Crippen LogP) is 1.32. The number of amides is 1. The number of benzene rings is 1. The van der Waals surface area contributed by atoms with Gasteiger partial charge in [-0.3, -0.25) is 20.6 Å². The highest BCUT2D eigenvalue weighted by Crippen LogP contribution is 2.27. The van der Waals surface area contributed by atoms with Crippen molar-refractivity contribution in [2.45, 2.75) is 17.7 Å². The van der Waals surface area contributed by atoms with Crippen LogP contribution in [0.15, 0.2) is 54.1 Å². The predicted molar refractivity (Wildman–Crippen MR) is 115 cm³/mol. The molecule has 1 atom stereocenters. The van der Waals surface area contributed by atoms with Gasteiger partial charge < -0.3 is 5.32 Å². The minimum atomic E-state index is -3.78. The Balaban J connectivity index is 1.72. The number of para-hydroxylation sites is 1. The van der Waals surface area contributed by atoms with E-state index in [-0.39, 0.29) is 22.5 Å². The largest absolute Gasteiger partial charge is 0.358 e. The lowest BCUT2D eigenvalue weighted by Crippen LogP contribution is -2.52. The molecule has 1 aliphatic heterocycles. The molecule has 1 aromatic carbocycles. The Morgan fingerprint density at radius 2 is 2.10 bits per heavy atom. The number of thiocarbonyl (C=S) groups is 1. The number of rotatable bonds is 5. The maximum Gasteiger partial charge on any atom is 0.245 e. The fourth-order valence-corrected chi connectivity index (χ4v) is 5.05. The second kappa shape index (κ2) is 9.29. The van der Waals surface area contributed by atoms with Gasteiger partial charge in [0.25, 0.3) is 0 Å². The molecule has 3 rings (SSSR count). The maximum absolute atomic E-state index is 13.3. The molecule has 1 saturated heterocycles. The number of aromatic nitrogens is 1. The van der Waals surface area contributed by atoms with Crippen LogP contribution in [0.2, 0.25) is 0 Å². The second-order valence-electron chi connectivity index (χ2n) is 6.65. The van der Waals surface area contributed by atoms with Crippen LogP contribution in [0, 0.1) is 5.92 Å². The van der Waals surface area contributed by atoms with Crippen molar-refractivity contribution in [1.29, 1.82) is 0 Å². The van der Waals surface area contributed by atoms with Crippen molar-refractivity contribution in [3.8, 4) is 0 Å². The molecule has 29 heavy (non-hydrogen) atoms. The van der Waals surface area contributed by atoms with E-state index in [2.05, 4.69) is 27.7 Å². The summed E-state index contributed by atoms with van der Waals surface area (Å²) in [6.45, 7) is 4.51. The summed E-state index contributed by atoms with van der Waals surface area (Å²) in [5.41, 5.74) is 5.59. The van der Waals surface area contributed by atoms with E-state index < -0.39 is 15.9 Å². The number of sulfonamides is 1. The van der Waals surface area contributed by atoms with Gasteiger partial charge in [-0.15, -0.1) is 6.58 Å². The third-order valence-corrected chi connectivity index (χ3v) is 6.82. The summed E-state index contributed by atoms with van der Waals surface area (Å²) >= 11 is 5.03. The summed E-state index contributed by atoms with van der Waals surface area (Å²) in [4.78, 5) is 16.9. The summed E-state index contributed by atoms with van der Waals surface area (Å²) < 4.78 is 27.9. The topological polar surface area (TPSA) is 103 Å². The molecule has 154 valence electrons. The molecule has 0 aliphatic carbocycles. The van der Waals surface area contributed by atoms with Crippen molar-refractivity contribution in [2.24, 2.45) is 5.92 Å². The average molecular weight is 434 g/mol. The smallest absolute Gasteiger partial charge is 0.245 e. The van der Waals surface area contributed by atoms with Gasteiger partial charge in [0.2, 0.25) is 15.9 Å². The van der Waals surface area contributed by atoms with Crippen LogP contribution in [0.25, 0.3) is 10.9 Å². The number of fused-ring (bicyclic) bond motifs is 1. The number of hydrazine groups is 1. The van der Waals surface area contributed by atoms with Crippen LogP contribution in [0.3, 0.4) is 0 Å². The van der Waals surface area contributed by atoms with Gasteiger partial charge in [0.05, 0.1) is 11.4 Å². The third-order valence-electron chi connectivity index (χ3n) is 4.67. The molecule has 1 aromatic heterocycles. The monoisotopic (exact) mass is 433 g/mol. The molecule has 1 amide bonds. The highest BCUT2D eigenvalue weighted by molar-refractivity contribution is 7.89. The summed E-state index contributed by atoms with van der Waals surface area (Å²) in [5.74, 6) is -0.778. The third kappa shape index (κ3) is 4.89. The van der Waals surface area contributed by atoms with E-state index in [1.165, 1.54) is 4.31 Å². The van der Waals surface area contributed by atoms with E-state index in [9.17, 15) is 13.2 Å². The molecule has 3 N–H and O–H groups in total. The van der Waals surface area contributed by atoms with Crippen molar-refractivity contribution >= 4 is 44.2 Å². The molecule has 0 spiro atoms. The Kier molecular flexibility index (Phi) is 6.78. The molecular formula is C19H23N5O3S2. The maximum atomic E-state index is 13.3. The lowest BCUT2D eigenvalue weighted by Gasteiger charge is -2.31. The number of nitrogens with one attached hydrogen (secondary N) is 3. The minimum Gasteiger partial charge on any atom is -0.358 e. The Labute approximate surface area is 175 Å². The molecule has 10 heteroatoms. The summed E-state index contributed by atoms with van der Waals surface area (Å²) in [5, 5.41) is 3.85. The molecule has 0 bridgehead atoms. The molecular weight excluding hydrogens is 410 g/mol. The van der Waals surface area contributed by atoms with Crippen LogP contribution in [0.1, 0.15) is 12.8 Å². The van der Waals surface area contributed by atoms with Gasteiger partial charge in [-0.05, 0) is 37.2 Å². The zero-order valence-corrected chi connectivity index (χ0v) is 17.4. The number of carbonyl (C=O) groups excluding carboxylic acids is 1. The Bertz CT molecular complexity index is 1020. The molecule has 8 nitrogen and oxygen atoms in total. The van der Waals surface area contributed by atoms with Crippen molar-refractivity contribution < 1.29 is 13.2 Å². The van der Waals surface area contributed by atoms with Crippen LogP contribution in [-0.2, 0) is 14.8 Å². The van der Waals surface area contributed by atoms with Gasteiger partial charge in [-0.2, -0.15) is 4.31 Å². The van der Waals surface area contributed by atoms with Crippen LogP contribution >= 0.6 is 12.2 Å². The van der Waals surface area contributed by atoms with E-state index in [0.717, 1.165) is 5.39 Å². The first-order valence-electron chi connectivity index (χ1n) is 9.22. The van der Waals surface area contributed by atoms with Gasteiger partial charge in [0.15, 0.2) is 5.11 Å². The van der Waals surface area contributed by atoms with Gasteiger partial charge in [0, 0.05) is 31.2 Å². The average Bonchev–Trinajstić information content (AvgIpc) is 2.75. The van der Waals surface area contributed by atoms with E-state index in [0.29, 0.717) is 31.4 Å². The first-order chi connectivity index (χ1) is 13.9. The molecule has 2 heterocycles. The number of hydrogen-bond donors (Lipinski definition) is 3. The van der Waals surface area contributed by atoms with Crippen LogP contribution < -0.4 is 16.2 Å². The van der Waals surface area contributed by atoms with Crippen molar-refractivity contribution in [2.75, 3.05) is 19.6 Å². The first-order valence-corrected chi connectivity index (χ1v) is 11.1. The van der Waals surface area contributed by atoms with E-state index in [1.54, 1.807) is 30.5 Å². The lowest BCUT2D eigenvalue weighted by molar-refractivity contribution is -0.126. The van der Waals surface area contributed by atoms with Crippen molar-refractivity contribution in [1.82, 2.24) is 25.5 Å². The zero-order chi connectivity index (χ0) is 20.9. The summed E-state index contributed by atoms with van der Waals surface area (Å²) in [7, 11) is -3.78. The molecule has 1 fully saturated rings. The Morgan fingerprint density at radius 3 is 2.90 bits per heavy atom.